The molecule has 1 aliphatic rings. The first kappa shape index (κ1) is 11.9. The van der Waals surface area contributed by atoms with Crippen molar-refractivity contribution in [2.75, 3.05) is 13.6 Å². The van der Waals surface area contributed by atoms with Crippen molar-refractivity contribution in [2.45, 2.75) is 32.1 Å². The maximum absolute atomic E-state index is 12.1. The zero-order valence-corrected chi connectivity index (χ0v) is 8.67. The molecule has 0 heterocycles. The first-order chi connectivity index (χ1) is 7.02. The van der Waals surface area contributed by atoms with Gasteiger partial charge in [0.1, 0.15) is 5.41 Å². The summed E-state index contributed by atoms with van der Waals surface area (Å²) >= 11 is 0. The summed E-state index contributed by atoms with van der Waals surface area (Å²) in [6.07, 6.45) is 0.0891. The summed E-state index contributed by atoms with van der Waals surface area (Å²) < 4.78 is 24.2. The van der Waals surface area contributed by atoms with Crippen LogP contribution in [0.25, 0.3) is 0 Å². The molecule has 0 saturated heterocycles. The summed E-state index contributed by atoms with van der Waals surface area (Å²) in [4.78, 5) is 12.8. The van der Waals surface area contributed by atoms with Crippen LogP contribution in [0.15, 0.2) is 0 Å². The molecule has 1 aliphatic carbocycles. The summed E-state index contributed by atoms with van der Waals surface area (Å²) in [6, 6.07) is 2.00. The highest BCUT2D eigenvalue weighted by molar-refractivity contribution is 5.85. The van der Waals surface area contributed by atoms with E-state index >= 15 is 0 Å². The first-order valence-electron chi connectivity index (χ1n) is 4.97. The molecule has 1 rings (SSSR count). The zero-order chi connectivity index (χ0) is 11.5. The lowest BCUT2D eigenvalue weighted by Crippen LogP contribution is -2.41. The second-order valence-electron chi connectivity index (χ2n) is 3.98. The number of hydrogen-bond acceptors (Lipinski definition) is 2. The van der Waals surface area contributed by atoms with Gasteiger partial charge in [0.2, 0.25) is 5.91 Å². The van der Waals surface area contributed by atoms with E-state index in [1.54, 1.807) is 0 Å². The average molecular weight is 216 g/mol. The number of amides is 1. The van der Waals surface area contributed by atoms with E-state index in [0.717, 1.165) is 17.7 Å². The van der Waals surface area contributed by atoms with Gasteiger partial charge in [0.15, 0.2) is 0 Å². The number of halogens is 2. The molecule has 0 aromatic heterocycles. The lowest BCUT2D eigenvalue weighted by Gasteiger charge is -2.26. The smallest absolute Gasteiger partial charge is 0.255 e. The minimum atomic E-state index is -2.55. The molecule has 1 amide bonds. The highest BCUT2D eigenvalue weighted by Gasteiger charge is 2.43. The third-order valence-corrected chi connectivity index (χ3v) is 2.84. The van der Waals surface area contributed by atoms with E-state index in [-0.39, 0.29) is 0 Å². The quantitative estimate of drug-likeness (QED) is 0.722. The summed E-state index contributed by atoms with van der Waals surface area (Å²) in [7, 11) is 1.33. The van der Waals surface area contributed by atoms with E-state index in [1.807, 2.05) is 6.07 Å². The largest absolute Gasteiger partial charge is 0.339 e. The van der Waals surface area contributed by atoms with E-state index in [4.69, 9.17) is 5.26 Å². The Bertz CT molecular complexity index is 280. The number of nitriles is 1. The van der Waals surface area contributed by atoms with Crippen molar-refractivity contribution in [3.05, 3.63) is 0 Å². The Labute approximate surface area is 87.7 Å². The molecule has 0 unspecified atom stereocenters. The predicted octanol–water partition coefficient (Wildman–Crippen LogP) is 1.79. The fourth-order valence-corrected chi connectivity index (χ4v) is 2.01. The molecular weight excluding hydrogens is 202 g/mol. The van der Waals surface area contributed by atoms with Gasteiger partial charge in [-0.2, -0.15) is 5.26 Å². The Morgan fingerprint density at radius 1 is 1.53 bits per heavy atom. The molecule has 1 saturated carbocycles. The minimum absolute atomic E-state index is 0.456. The Hall–Kier alpha value is -1.18. The molecule has 0 aromatic rings. The Kier molecular flexibility index (Phi) is 3.61. The van der Waals surface area contributed by atoms with Crippen LogP contribution in [0, 0.1) is 16.7 Å². The highest BCUT2D eigenvalue weighted by atomic mass is 19.3. The number of hydrogen-bond donors (Lipinski definition) is 0. The van der Waals surface area contributed by atoms with Crippen LogP contribution in [-0.4, -0.2) is 30.8 Å². The van der Waals surface area contributed by atoms with E-state index in [2.05, 4.69) is 0 Å². The molecule has 0 aromatic carbocycles. The molecule has 0 radical (unpaired) electrons. The van der Waals surface area contributed by atoms with E-state index in [0.29, 0.717) is 12.8 Å². The van der Waals surface area contributed by atoms with Crippen LogP contribution in [0.3, 0.4) is 0 Å². The Morgan fingerprint density at radius 3 is 2.47 bits per heavy atom. The monoisotopic (exact) mass is 216 g/mol. The minimum Gasteiger partial charge on any atom is -0.339 e. The van der Waals surface area contributed by atoms with Gasteiger partial charge in [-0.25, -0.2) is 8.78 Å². The van der Waals surface area contributed by atoms with Crippen molar-refractivity contribution in [3.8, 4) is 6.07 Å². The molecule has 0 N–H and O–H groups in total. The van der Waals surface area contributed by atoms with Crippen molar-refractivity contribution in [1.82, 2.24) is 4.90 Å². The summed E-state index contributed by atoms with van der Waals surface area (Å²) in [6.45, 7) is -0.595. The second-order valence-corrected chi connectivity index (χ2v) is 3.98. The van der Waals surface area contributed by atoms with E-state index in [9.17, 15) is 13.6 Å². The van der Waals surface area contributed by atoms with Crippen LogP contribution < -0.4 is 0 Å². The number of rotatable bonds is 3. The maximum Gasteiger partial charge on any atom is 0.255 e. The molecule has 0 aliphatic heterocycles. The van der Waals surface area contributed by atoms with Crippen LogP contribution in [0.2, 0.25) is 0 Å². The highest BCUT2D eigenvalue weighted by Crippen LogP contribution is 2.38. The van der Waals surface area contributed by atoms with Crippen molar-refractivity contribution < 1.29 is 13.6 Å². The van der Waals surface area contributed by atoms with E-state index < -0.39 is 24.3 Å². The van der Waals surface area contributed by atoms with Gasteiger partial charge in [0.25, 0.3) is 6.43 Å². The van der Waals surface area contributed by atoms with Crippen LogP contribution in [0.1, 0.15) is 25.7 Å². The average Bonchev–Trinajstić information content (AvgIpc) is 2.65. The van der Waals surface area contributed by atoms with Gasteiger partial charge < -0.3 is 4.90 Å². The normalized spacial score (nSPS) is 18.9. The molecule has 0 atom stereocenters. The standard InChI is InChI=1S/C10H14F2N2O/c1-14(6-8(11)12)9(15)10(7-13)4-2-3-5-10/h8H,2-6H2,1H3. The van der Waals surface area contributed by atoms with Crippen molar-refractivity contribution in [1.29, 1.82) is 5.26 Å². The molecule has 1 fully saturated rings. The number of nitrogens with zero attached hydrogens (tertiary/aromatic N) is 2. The molecule has 0 bridgehead atoms. The maximum atomic E-state index is 12.1. The summed E-state index contributed by atoms with van der Waals surface area (Å²) in [5, 5.41) is 8.98. The fraction of sp³-hybridized carbons (Fsp3) is 0.800. The van der Waals surface area contributed by atoms with Gasteiger partial charge >= 0.3 is 0 Å². The third kappa shape index (κ3) is 2.44. The van der Waals surface area contributed by atoms with Crippen molar-refractivity contribution in [2.24, 2.45) is 5.41 Å². The van der Waals surface area contributed by atoms with Gasteiger partial charge in [-0.1, -0.05) is 12.8 Å². The Morgan fingerprint density at radius 2 is 2.07 bits per heavy atom. The fourth-order valence-electron chi connectivity index (χ4n) is 2.01. The first-order valence-corrected chi connectivity index (χ1v) is 4.97. The second kappa shape index (κ2) is 4.56. The molecule has 15 heavy (non-hydrogen) atoms. The van der Waals surface area contributed by atoms with E-state index in [1.165, 1.54) is 7.05 Å². The number of alkyl halides is 2. The lowest BCUT2D eigenvalue weighted by atomic mass is 9.86. The molecule has 3 nitrogen and oxygen atoms in total. The topological polar surface area (TPSA) is 44.1 Å². The Balaban J connectivity index is 2.70. The molecule has 5 heteroatoms. The summed E-state index contributed by atoms with van der Waals surface area (Å²) in [5.74, 6) is -0.456. The van der Waals surface area contributed by atoms with Crippen molar-refractivity contribution in [3.63, 3.8) is 0 Å². The van der Waals surface area contributed by atoms with Gasteiger partial charge in [-0.05, 0) is 12.8 Å². The SMILES string of the molecule is CN(CC(F)F)C(=O)C1(C#N)CCCC1. The van der Waals surface area contributed by atoms with Gasteiger partial charge in [0, 0.05) is 7.05 Å². The van der Waals surface area contributed by atoms with Crippen LogP contribution >= 0.6 is 0 Å². The van der Waals surface area contributed by atoms with Crippen LogP contribution in [0.4, 0.5) is 8.78 Å². The van der Waals surface area contributed by atoms with Gasteiger partial charge in [-0.3, -0.25) is 4.79 Å². The predicted molar refractivity (Wildman–Crippen MR) is 50.2 cm³/mol. The third-order valence-electron chi connectivity index (χ3n) is 2.84. The lowest BCUT2D eigenvalue weighted by molar-refractivity contribution is -0.139. The number of carbonyl (C=O) groups is 1. The molecular formula is C10H14F2N2O. The molecule has 0 spiro atoms. The van der Waals surface area contributed by atoms with Crippen LogP contribution in [-0.2, 0) is 4.79 Å². The summed E-state index contributed by atoms with van der Waals surface area (Å²) in [5.41, 5.74) is -1.04. The number of carbonyl (C=O) groups excluding carboxylic acids is 1. The van der Waals surface area contributed by atoms with Crippen molar-refractivity contribution >= 4 is 5.91 Å². The zero-order valence-electron chi connectivity index (χ0n) is 8.67. The van der Waals surface area contributed by atoms with Crippen LogP contribution in [0.5, 0.6) is 0 Å². The van der Waals surface area contributed by atoms with Gasteiger partial charge in [-0.15, -0.1) is 0 Å². The molecule has 84 valence electrons. The van der Waals surface area contributed by atoms with Gasteiger partial charge in [0.05, 0.1) is 12.6 Å².